The maximum Gasteiger partial charge on any atom is 0.408 e. The van der Waals surface area contributed by atoms with E-state index in [1.54, 1.807) is 17.0 Å². The molecule has 2 N–H and O–H groups in total. The number of nitrogens with one attached hydrogen (secondary N) is 2. The summed E-state index contributed by atoms with van der Waals surface area (Å²) in [6.45, 7) is 8.83. The minimum absolute atomic E-state index is 0.0248. The zero-order valence-electron chi connectivity index (χ0n) is 34.2. The number of alkyl halides is 2. The van der Waals surface area contributed by atoms with Gasteiger partial charge in [0.25, 0.3) is 5.91 Å². The highest BCUT2D eigenvalue weighted by Gasteiger charge is 2.68. The number of carbonyl (C=O) groups excluding carboxylic acids is 3. The van der Waals surface area contributed by atoms with Gasteiger partial charge in [-0.05, 0) is 114 Å². The number of piperazine rings is 1. The van der Waals surface area contributed by atoms with Crippen LogP contribution in [0.15, 0.2) is 48.9 Å². The molecule has 3 aliphatic carbocycles. The predicted molar refractivity (Wildman–Crippen MR) is 214 cm³/mol. The van der Waals surface area contributed by atoms with Crippen LogP contribution in [-0.2, 0) is 16.0 Å². The maximum atomic E-state index is 15.0. The second-order valence-corrected chi connectivity index (χ2v) is 17.7. The molecule has 0 atom stereocenters. The fraction of sp³-hybridized carbons (Fsp3) is 0.512. The molecule has 4 heterocycles. The van der Waals surface area contributed by atoms with Crippen molar-refractivity contribution in [2.45, 2.75) is 84.0 Å². The Morgan fingerprint density at radius 1 is 0.933 bits per heavy atom. The van der Waals surface area contributed by atoms with E-state index < -0.39 is 29.6 Å². The van der Waals surface area contributed by atoms with Crippen molar-refractivity contribution in [3.05, 3.63) is 71.7 Å². The van der Waals surface area contributed by atoms with Crippen LogP contribution in [0.2, 0.25) is 0 Å². The molecule has 2 aromatic carbocycles. The number of anilines is 2. The molecule has 5 fully saturated rings. The number of ether oxygens (including phenoxy) is 2. The van der Waals surface area contributed by atoms with Crippen molar-refractivity contribution in [1.82, 2.24) is 34.4 Å². The molecule has 9 rings (SSSR count). The zero-order valence-corrected chi connectivity index (χ0v) is 34.2. The van der Waals surface area contributed by atoms with E-state index in [0.717, 1.165) is 69.4 Å². The van der Waals surface area contributed by atoms with E-state index in [2.05, 4.69) is 30.2 Å². The standard InChI is InChI=1S/C43H50F4N8O5/c1-5-26-20-28(50-35-36-49-21-31(55(36)15-12-48-35)30-8-9-32(59-39(46)47)34(45)33(30)44)6-7-29(26)38(57)54-18-16-53(17-19-54)37(56)27-10-13-52(14-11-27)25-42-22-43(23-42,24-42)51-40(58)60-41(2,3)4/h6-9,12,15,20-21,27,39H,5,10-11,13-14,16-19,22-25H2,1-4H3,(H,48,50)(H,51,58). The summed E-state index contributed by atoms with van der Waals surface area (Å²) in [5.74, 6) is -3.45. The molecule has 2 aliphatic heterocycles. The lowest BCUT2D eigenvalue weighted by Gasteiger charge is -2.71. The van der Waals surface area contributed by atoms with Crippen molar-refractivity contribution >= 4 is 35.1 Å². The summed E-state index contributed by atoms with van der Waals surface area (Å²) in [5.41, 5.74) is 1.88. The number of aryl methyl sites for hydroxylation is 1. The number of alkyl carbamates (subject to hydrolysis) is 1. The highest BCUT2D eigenvalue weighted by Crippen LogP contribution is 2.67. The summed E-state index contributed by atoms with van der Waals surface area (Å²) >= 11 is 0. The summed E-state index contributed by atoms with van der Waals surface area (Å²) in [4.78, 5) is 54.6. The molecule has 0 unspecified atom stereocenters. The molecule has 60 heavy (non-hydrogen) atoms. The van der Waals surface area contributed by atoms with Crippen LogP contribution in [0.1, 0.15) is 75.7 Å². The number of benzene rings is 2. The molecule has 2 bridgehead atoms. The Balaban J connectivity index is 0.827. The van der Waals surface area contributed by atoms with Crippen molar-refractivity contribution in [1.29, 1.82) is 0 Å². The van der Waals surface area contributed by atoms with Gasteiger partial charge in [-0.3, -0.25) is 14.0 Å². The number of hydrogen-bond donors (Lipinski definition) is 2. The molecule has 3 amide bonds. The number of amides is 3. The van der Waals surface area contributed by atoms with Gasteiger partial charge >= 0.3 is 12.7 Å². The minimum Gasteiger partial charge on any atom is -0.444 e. The summed E-state index contributed by atoms with van der Waals surface area (Å²) in [6.07, 6.45) is 9.08. The van der Waals surface area contributed by atoms with Crippen LogP contribution in [0.5, 0.6) is 5.75 Å². The third-order valence-corrected chi connectivity index (χ3v) is 12.2. The Hall–Kier alpha value is -5.45. The number of carbonyl (C=O) groups is 3. The van der Waals surface area contributed by atoms with Gasteiger partial charge in [0.1, 0.15) is 5.60 Å². The first-order chi connectivity index (χ1) is 28.5. The van der Waals surface area contributed by atoms with E-state index in [1.807, 2.05) is 38.7 Å². The van der Waals surface area contributed by atoms with Gasteiger partial charge in [-0.2, -0.15) is 13.2 Å². The number of hydrogen-bond acceptors (Lipinski definition) is 9. The second-order valence-electron chi connectivity index (χ2n) is 17.7. The molecule has 5 aliphatic rings. The smallest absolute Gasteiger partial charge is 0.408 e. The Morgan fingerprint density at radius 2 is 1.63 bits per heavy atom. The summed E-state index contributed by atoms with van der Waals surface area (Å²) < 4.78 is 65.8. The molecular weight excluding hydrogens is 785 g/mol. The van der Waals surface area contributed by atoms with Gasteiger partial charge in [0.05, 0.1) is 11.9 Å². The number of likely N-dealkylation sites (tertiary alicyclic amines) is 1. The van der Waals surface area contributed by atoms with Gasteiger partial charge in [-0.25, -0.2) is 19.2 Å². The van der Waals surface area contributed by atoms with Crippen molar-refractivity contribution in [3.63, 3.8) is 0 Å². The quantitative estimate of drug-likeness (QED) is 0.153. The lowest BCUT2D eigenvalue weighted by Crippen LogP contribution is -2.77. The number of piperidine rings is 1. The summed E-state index contributed by atoms with van der Waals surface area (Å²) in [7, 11) is 0. The number of nitrogens with zero attached hydrogens (tertiary/aromatic N) is 6. The van der Waals surface area contributed by atoms with Crippen LogP contribution in [-0.4, -0.2) is 111 Å². The van der Waals surface area contributed by atoms with E-state index in [1.165, 1.54) is 23.0 Å². The van der Waals surface area contributed by atoms with Gasteiger partial charge in [0.15, 0.2) is 23.0 Å². The third-order valence-electron chi connectivity index (χ3n) is 12.2. The molecule has 2 saturated heterocycles. The number of imidazole rings is 1. The molecule has 0 spiro atoms. The fourth-order valence-electron chi connectivity index (χ4n) is 9.62. The first kappa shape index (κ1) is 41.3. The number of aromatic nitrogens is 3. The molecular formula is C43H50F4N8O5. The molecule has 320 valence electrons. The summed E-state index contributed by atoms with van der Waals surface area (Å²) in [5, 5.41) is 6.31. The third kappa shape index (κ3) is 8.19. The van der Waals surface area contributed by atoms with Crippen molar-refractivity contribution in [2.24, 2.45) is 11.3 Å². The Bertz CT molecular complexity index is 2280. The SMILES string of the molecule is CCc1cc(Nc2nccn3c(-c4ccc(OC(F)F)c(F)c4F)cnc23)ccc1C(=O)N1CCN(C(=O)C2CCN(CC34CC(NC(=O)OC(C)(C)C)(C3)C4)CC2)CC1. The lowest BCUT2D eigenvalue weighted by atomic mass is 9.39. The number of rotatable bonds is 11. The molecule has 13 nitrogen and oxygen atoms in total. The van der Waals surface area contributed by atoms with Crippen molar-refractivity contribution < 1.29 is 41.4 Å². The first-order valence-corrected chi connectivity index (χ1v) is 20.5. The van der Waals surface area contributed by atoms with Crippen molar-refractivity contribution in [3.8, 4) is 17.0 Å². The van der Waals surface area contributed by atoms with E-state index in [-0.39, 0.29) is 46.0 Å². The monoisotopic (exact) mass is 834 g/mol. The summed E-state index contributed by atoms with van der Waals surface area (Å²) in [6, 6.07) is 7.46. The van der Waals surface area contributed by atoms with Crippen LogP contribution < -0.4 is 15.4 Å². The van der Waals surface area contributed by atoms with Crippen LogP contribution in [0.3, 0.4) is 0 Å². The number of halogens is 4. The maximum absolute atomic E-state index is 15.0. The predicted octanol–water partition coefficient (Wildman–Crippen LogP) is 7.03. The average molecular weight is 835 g/mol. The average Bonchev–Trinajstić information content (AvgIpc) is 3.62. The first-order valence-electron chi connectivity index (χ1n) is 20.5. The Labute approximate surface area is 345 Å². The van der Waals surface area contributed by atoms with Gasteiger partial charge in [-0.15, -0.1) is 0 Å². The van der Waals surface area contributed by atoms with Gasteiger partial charge in [-0.1, -0.05) is 6.92 Å². The van der Waals surface area contributed by atoms with Gasteiger partial charge in [0.2, 0.25) is 11.7 Å². The van der Waals surface area contributed by atoms with E-state index >= 15 is 0 Å². The molecule has 3 saturated carbocycles. The molecule has 4 aromatic rings. The largest absolute Gasteiger partial charge is 0.444 e. The highest BCUT2D eigenvalue weighted by atomic mass is 19.3. The highest BCUT2D eigenvalue weighted by molar-refractivity contribution is 5.96. The topological polar surface area (TPSA) is 134 Å². The normalized spacial score (nSPS) is 22.0. The van der Waals surface area contributed by atoms with Gasteiger partial charge < -0.3 is 34.8 Å². The molecule has 17 heteroatoms. The Kier molecular flexibility index (Phi) is 10.9. The number of fused-ring (bicyclic) bond motifs is 1. The van der Waals surface area contributed by atoms with Crippen molar-refractivity contribution in [2.75, 3.05) is 51.1 Å². The van der Waals surface area contributed by atoms with E-state index in [0.29, 0.717) is 55.3 Å². The lowest BCUT2D eigenvalue weighted by molar-refractivity contribution is -0.167. The zero-order chi connectivity index (χ0) is 42.6. The molecule has 0 radical (unpaired) electrons. The van der Waals surface area contributed by atoms with Crippen LogP contribution in [0, 0.1) is 23.0 Å². The van der Waals surface area contributed by atoms with E-state index in [9.17, 15) is 31.9 Å². The molecule has 2 aromatic heterocycles. The second kappa shape index (κ2) is 15.9. The van der Waals surface area contributed by atoms with E-state index in [4.69, 9.17) is 4.74 Å². The van der Waals surface area contributed by atoms with Gasteiger partial charge in [0, 0.05) is 73.4 Å². The minimum atomic E-state index is -3.31. The fourth-order valence-corrected chi connectivity index (χ4v) is 9.62. The van der Waals surface area contributed by atoms with Crippen LogP contribution in [0.25, 0.3) is 16.9 Å². The Morgan fingerprint density at radius 3 is 2.30 bits per heavy atom. The van der Waals surface area contributed by atoms with Crippen LogP contribution in [0.4, 0.5) is 33.9 Å². The van der Waals surface area contributed by atoms with Crippen LogP contribution >= 0.6 is 0 Å².